The molecule has 64 heavy (non-hydrogen) atoms. The van der Waals surface area contributed by atoms with Crippen molar-refractivity contribution in [3.05, 3.63) is 85.1 Å². The van der Waals surface area contributed by atoms with Crippen molar-refractivity contribution in [2.45, 2.75) is 180 Å². The van der Waals surface area contributed by atoms with Crippen molar-refractivity contribution in [2.75, 3.05) is 26.4 Å². The van der Waals surface area contributed by atoms with Gasteiger partial charge in [0.1, 0.15) is 12.7 Å². The maximum Gasteiger partial charge on any atom is 0.472 e. The van der Waals surface area contributed by atoms with Gasteiger partial charge in [-0.15, -0.1) is 0 Å². The molecule has 0 aliphatic rings. The highest BCUT2D eigenvalue weighted by molar-refractivity contribution is 7.47. The largest absolute Gasteiger partial charge is 0.472 e. The lowest BCUT2D eigenvalue weighted by Gasteiger charge is -2.20. The second-order valence-electron chi connectivity index (χ2n) is 15.5. The summed E-state index contributed by atoms with van der Waals surface area (Å²) in [5.74, 6) is -1.22. The van der Waals surface area contributed by atoms with E-state index in [1.165, 1.54) is 38.5 Å². The smallest absolute Gasteiger partial charge is 0.462 e. The summed E-state index contributed by atoms with van der Waals surface area (Å²) in [6.07, 6.45) is 46.0. The van der Waals surface area contributed by atoms with Gasteiger partial charge in [-0.2, -0.15) is 0 Å². The summed E-state index contributed by atoms with van der Waals surface area (Å²) in [6.45, 7) is 1.44. The molecule has 2 unspecified atom stereocenters. The first-order valence-electron chi connectivity index (χ1n) is 23.4. The van der Waals surface area contributed by atoms with Crippen molar-refractivity contribution < 1.29 is 66.7 Å². The van der Waals surface area contributed by atoms with Crippen molar-refractivity contribution in [3.8, 4) is 0 Å². The highest BCUT2D eigenvalue weighted by Crippen LogP contribution is 2.43. The minimum atomic E-state index is -4.89. The Bertz CT molecular complexity index is 1470. The van der Waals surface area contributed by atoms with Crippen LogP contribution in [0.2, 0.25) is 0 Å². The third-order valence-corrected chi connectivity index (χ3v) is 10.8. The first kappa shape index (κ1) is 61.3. The Morgan fingerprint density at radius 1 is 0.531 bits per heavy atom. The van der Waals surface area contributed by atoms with E-state index in [0.717, 1.165) is 77.0 Å². The van der Waals surface area contributed by atoms with Crippen molar-refractivity contribution in [2.24, 2.45) is 0 Å². The lowest BCUT2D eigenvalue weighted by atomic mass is 10.1. The zero-order valence-corrected chi connectivity index (χ0v) is 40.5. The molecule has 5 N–H and O–H groups in total. The number of aliphatic hydroxyl groups excluding tert-OH is 2. The Kier molecular flexibility index (Phi) is 41.0. The molecule has 0 saturated carbocycles. The predicted molar refractivity (Wildman–Crippen MR) is 254 cm³/mol. The molecule has 0 radical (unpaired) electrons. The zero-order valence-electron chi connectivity index (χ0n) is 38.7. The maximum atomic E-state index is 12.7. The molecule has 14 nitrogen and oxygen atoms in total. The topological polar surface area (TPSA) is 216 Å². The molecule has 0 spiro atoms. The van der Waals surface area contributed by atoms with Crippen molar-refractivity contribution in [1.29, 1.82) is 0 Å². The number of allylic oxidation sites excluding steroid dienone is 12. The van der Waals surface area contributed by atoms with E-state index in [4.69, 9.17) is 23.8 Å². The Morgan fingerprint density at radius 2 is 1.06 bits per heavy atom. The number of hydrogen-bond donors (Lipinski definition) is 5. The fraction of sp³-hybridized carbons (Fsp3) is 0.667. The number of hydrogen-bond acceptors (Lipinski definition) is 11. The van der Waals surface area contributed by atoms with Crippen LogP contribution in [0.4, 0.5) is 0 Å². The fourth-order valence-electron chi connectivity index (χ4n) is 5.81. The monoisotopic (exact) mass is 945 g/mol. The molecule has 0 aromatic rings. The van der Waals surface area contributed by atoms with Crippen LogP contribution in [0.5, 0.6) is 0 Å². The van der Waals surface area contributed by atoms with Gasteiger partial charge in [-0.3, -0.25) is 23.2 Å². The van der Waals surface area contributed by atoms with E-state index in [2.05, 4.69) is 71.5 Å². The van der Waals surface area contributed by atoms with Crippen molar-refractivity contribution in [1.82, 2.24) is 0 Å². The van der Waals surface area contributed by atoms with Gasteiger partial charge in [0.2, 0.25) is 0 Å². The zero-order chi connectivity index (χ0) is 47.4. The van der Waals surface area contributed by atoms with Gasteiger partial charge in [-0.05, 0) is 70.6 Å². The molecule has 16 heteroatoms. The number of unbranched alkanes of at least 4 members (excludes halogenated alkanes) is 13. The number of carbonyl (C=O) groups excluding carboxylic acids is 2. The van der Waals surface area contributed by atoms with Crippen LogP contribution in [0.15, 0.2) is 85.1 Å². The number of phosphoric ester groups is 2. The van der Waals surface area contributed by atoms with Gasteiger partial charge in [0.05, 0.1) is 25.9 Å². The number of phosphoric acid groups is 2. The first-order valence-corrected chi connectivity index (χ1v) is 26.4. The minimum Gasteiger partial charge on any atom is -0.462 e. The summed E-state index contributed by atoms with van der Waals surface area (Å²) in [6, 6.07) is 0. The predicted octanol–water partition coefficient (Wildman–Crippen LogP) is 11.3. The molecule has 0 bridgehead atoms. The van der Waals surface area contributed by atoms with Gasteiger partial charge >= 0.3 is 27.6 Å². The van der Waals surface area contributed by atoms with Gasteiger partial charge < -0.3 is 34.4 Å². The van der Waals surface area contributed by atoms with Crippen LogP contribution in [0.1, 0.15) is 162 Å². The SMILES string of the molecule is CC/C=C\C/C=C\C/C=C\C/C=C\C=C/C(O)C/C=C\CCC(=O)OC[C@H](COP(=O)(O)OC[C@@H](O)COP(=O)(O)O)OC(=O)CCCCCCCCC/C=C\CCCCCCCC. The third-order valence-electron chi connectivity index (χ3n) is 9.35. The van der Waals surface area contributed by atoms with E-state index < -0.39 is 72.3 Å². The molecule has 0 aliphatic heterocycles. The molecule has 368 valence electrons. The van der Waals surface area contributed by atoms with E-state index in [-0.39, 0.29) is 12.8 Å². The van der Waals surface area contributed by atoms with Crippen molar-refractivity contribution in [3.63, 3.8) is 0 Å². The van der Waals surface area contributed by atoms with Crippen LogP contribution < -0.4 is 0 Å². The van der Waals surface area contributed by atoms with Gasteiger partial charge in [-0.1, -0.05) is 163 Å². The second kappa shape index (κ2) is 42.9. The standard InChI is InChI=1S/C48H82O14P2/c1-3-5-7-9-11-13-15-17-18-19-20-22-24-26-28-30-34-39-48(52)62-46(43-61-64(56,57)60-41-45(50)40-59-63(53,54)55)42-58-47(51)38-35-31-33-37-44(49)36-32-29-27-25-23-21-16-14-12-10-8-6-4-2/h6,8,12,14,17-18,21,23,27,29,31-33,36,44-46,49-50H,3-5,7,9-11,13,15-16,19-20,22,24-26,28,30,34-35,37-43H2,1-2H3,(H,56,57)(H2,53,54,55)/b8-6-,14-12-,18-17-,23-21-,29-27-,33-31-,36-32-/t44?,45-,46+/m0/s1. The normalized spacial score (nSPS) is 15.2. The van der Waals surface area contributed by atoms with Crippen LogP contribution in [-0.4, -0.2) is 81.6 Å². The minimum absolute atomic E-state index is 0.0158. The number of ether oxygens (including phenoxy) is 2. The summed E-state index contributed by atoms with van der Waals surface area (Å²) in [5.41, 5.74) is 0. The Hall–Kier alpha value is -2.74. The quantitative estimate of drug-likeness (QED) is 0.0126. The summed E-state index contributed by atoms with van der Waals surface area (Å²) in [7, 11) is -9.74. The fourth-order valence-corrected chi connectivity index (χ4v) is 6.96. The third kappa shape index (κ3) is 45.8. The number of carbonyl (C=O) groups is 2. The van der Waals surface area contributed by atoms with Gasteiger partial charge in [0.15, 0.2) is 6.10 Å². The molecule has 0 amide bonds. The molecule has 0 aliphatic carbocycles. The molecular weight excluding hydrogens is 862 g/mol. The molecule has 0 fully saturated rings. The lowest BCUT2D eigenvalue weighted by molar-refractivity contribution is -0.161. The van der Waals surface area contributed by atoms with Crippen LogP contribution in [-0.2, 0) is 41.8 Å². The summed E-state index contributed by atoms with van der Waals surface area (Å²) in [4.78, 5) is 52.8. The Labute approximate surface area is 384 Å². The summed E-state index contributed by atoms with van der Waals surface area (Å²) in [5, 5.41) is 20.0. The molecule has 0 saturated heterocycles. The molecular formula is C48H82O14P2. The average Bonchev–Trinajstić information content (AvgIpc) is 3.25. The van der Waals surface area contributed by atoms with E-state index in [1.807, 2.05) is 12.2 Å². The molecule has 0 aromatic heterocycles. The number of aliphatic hydroxyl groups is 2. The van der Waals surface area contributed by atoms with Gasteiger partial charge in [0, 0.05) is 12.8 Å². The maximum absolute atomic E-state index is 12.7. The van der Waals surface area contributed by atoms with E-state index >= 15 is 0 Å². The first-order chi connectivity index (χ1) is 30.8. The highest BCUT2D eigenvalue weighted by atomic mass is 31.2. The molecule has 0 aromatic carbocycles. The van der Waals surface area contributed by atoms with Crippen LogP contribution in [0, 0.1) is 0 Å². The number of rotatable bonds is 43. The van der Waals surface area contributed by atoms with Crippen LogP contribution >= 0.6 is 15.6 Å². The van der Waals surface area contributed by atoms with Gasteiger partial charge in [0.25, 0.3) is 0 Å². The van der Waals surface area contributed by atoms with Crippen LogP contribution in [0.25, 0.3) is 0 Å². The Morgan fingerprint density at radius 3 is 1.67 bits per heavy atom. The lowest BCUT2D eigenvalue weighted by Crippen LogP contribution is -2.29. The highest BCUT2D eigenvalue weighted by Gasteiger charge is 2.28. The molecule has 0 rings (SSSR count). The van der Waals surface area contributed by atoms with E-state index in [0.29, 0.717) is 19.3 Å². The van der Waals surface area contributed by atoms with E-state index in [9.17, 15) is 33.8 Å². The van der Waals surface area contributed by atoms with Crippen molar-refractivity contribution >= 4 is 27.6 Å². The van der Waals surface area contributed by atoms with Gasteiger partial charge in [-0.25, -0.2) is 9.13 Å². The molecule has 4 atom stereocenters. The second-order valence-corrected chi connectivity index (χ2v) is 18.2. The Balaban J connectivity index is 4.69. The number of esters is 2. The van der Waals surface area contributed by atoms with E-state index in [1.54, 1.807) is 24.3 Å². The van der Waals surface area contributed by atoms with Crippen LogP contribution in [0.3, 0.4) is 0 Å². The summed E-state index contributed by atoms with van der Waals surface area (Å²) >= 11 is 0. The molecule has 0 heterocycles. The average molecular weight is 945 g/mol. The summed E-state index contributed by atoms with van der Waals surface area (Å²) < 4.78 is 47.7.